The zero-order chi connectivity index (χ0) is 12.0. The summed E-state index contributed by atoms with van der Waals surface area (Å²) in [7, 11) is 0. The van der Waals surface area contributed by atoms with Crippen LogP contribution < -0.4 is 5.32 Å². The van der Waals surface area contributed by atoms with Gasteiger partial charge in [0, 0.05) is 31.7 Å². The van der Waals surface area contributed by atoms with E-state index >= 15 is 0 Å². The lowest BCUT2D eigenvalue weighted by atomic mass is 10.0. The lowest BCUT2D eigenvalue weighted by Crippen LogP contribution is -2.46. The lowest BCUT2D eigenvalue weighted by molar-refractivity contribution is 0.0338. The van der Waals surface area contributed by atoms with Crippen LogP contribution in [-0.2, 0) is 4.74 Å². The van der Waals surface area contributed by atoms with Gasteiger partial charge in [-0.2, -0.15) is 0 Å². The third-order valence-electron chi connectivity index (χ3n) is 3.03. The molecule has 96 valence electrons. The molecule has 2 unspecified atom stereocenters. The van der Waals surface area contributed by atoms with E-state index in [9.17, 15) is 0 Å². The van der Waals surface area contributed by atoms with Crippen molar-refractivity contribution >= 4 is 0 Å². The van der Waals surface area contributed by atoms with Gasteiger partial charge in [-0.3, -0.25) is 4.90 Å². The smallest absolute Gasteiger partial charge is 0.0594 e. The molecule has 16 heavy (non-hydrogen) atoms. The molecule has 0 aromatic carbocycles. The standard InChI is InChI=1S/C13H28N2O/c1-11(2)9-12(3)14-13(4)10-15-5-7-16-8-6-15/h11-14H,5-10H2,1-4H3. The topological polar surface area (TPSA) is 24.5 Å². The van der Waals surface area contributed by atoms with E-state index in [1.807, 2.05) is 0 Å². The molecular weight excluding hydrogens is 200 g/mol. The van der Waals surface area contributed by atoms with Gasteiger partial charge in [0.1, 0.15) is 0 Å². The Morgan fingerprint density at radius 1 is 1.06 bits per heavy atom. The molecule has 1 fully saturated rings. The summed E-state index contributed by atoms with van der Waals surface area (Å²) in [6, 6.07) is 1.20. The van der Waals surface area contributed by atoms with Crippen molar-refractivity contribution in [3.63, 3.8) is 0 Å². The highest BCUT2D eigenvalue weighted by Gasteiger charge is 2.15. The van der Waals surface area contributed by atoms with Crippen molar-refractivity contribution in [3.05, 3.63) is 0 Å². The molecule has 0 saturated carbocycles. The second kappa shape index (κ2) is 7.25. The molecule has 1 rings (SSSR count). The van der Waals surface area contributed by atoms with Crippen LogP contribution in [0.25, 0.3) is 0 Å². The van der Waals surface area contributed by atoms with Crippen molar-refractivity contribution < 1.29 is 4.74 Å². The van der Waals surface area contributed by atoms with Gasteiger partial charge in [0.05, 0.1) is 13.2 Å². The molecule has 3 heteroatoms. The van der Waals surface area contributed by atoms with E-state index in [2.05, 4.69) is 37.9 Å². The summed E-state index contributed by atoms with van der Waals surface area (Å²) in [6.45, 7) is 14.3. The van der Waals surface area contributed by atoms with Crippen LogP contribution in [0.15, 0.2) is 0 Å². The van der Waals surface area contributed by atoms with Gasteiger partial charge in [-0.05, 0) is 26.2 Å². The number of ether oxygens (including phenoxy) is 1. The van der Waals surface area contributed by atoms with Crippen LogP contribution >= 0.6 is 0 Å². The summed E-state index contributed by atoms with van der Waals surface area (Å²) in [5.41, 5.74) is 0. The van der Waals surface area contributed by atoms with Crippen LogP contribution in [0.4, 0.5) is 0 Å². The van der Waals surface area contributed by atoms with E-state index in [1.165, 1.54) is 6.42 Å². The van der Waals surface area contributed by atoms with Gasteiger partial charge in [-0.15, -0.1) is 0 Å². The van der Waals surface area contributed by atoms with Crippen LogP contribution in [-0.4, -0.2) is 49.8 Å². The van der Waals surface area contributed by atoms with Crippen LogP contribution in [0.1, 0.15) is 34.1 Å². The molecular formula is C13H28N2O. The van der Waals surface area contributed by atoms with Gasteiger partial charge in [-0.25, -0.2) is 0 Å². The fourth-order valence-electron chi connectivity index (χ4n) is 2.48. The van der Waals surface area contributed by atoms with Crippen molar-refractivity contribution in [1.82, 2.24) is 10.2 Å². The van der Waals surface area contributed by atoms with Gasteiger partial charge in [0.15, 0.2) is 0 Å². The maximum atomic E-state index is 5.35. The molecule has 1 N–H and O–H groups in total. The Kier molecular flexibility index (Phi) is 6.32. The van der Waals surface area contributed by atoms with E-state index in [0.717, 1.165) is 38.8 Å². The van der Waals surface area contributed by atoms with Crippen LogP contribution in [0, 0.1) is 5.92 Å². The van der Waals surface area contributed by atoms with Gasteiger partial charge >= 0.3 is 0 Å². The zero-order valence-electron chi connectivity index (χ0n) is 11.3. The summed E-state index contributed by atoms with van der Waals surface area (Å²) in [5, 5.41) is 3.68. The van der Waals surface area contributed by atoms with E-state index in [-0.39, 0.29) is 0 Å². The average Bonchev–Trinajstić information content (AvgIpc) is 2.17. The summed E-state index contributed by atoms with van der Waals surface area (Å²) in [5.74, 6) is 0.776. The van der Waals surface area contributed by atoms with Crippen molar-refractivity contribution in [2.24, 2.45) is 5.92 Å². The number of hydrogen-bond donors (Lipinski definition) is 1. The normalized spacial score (nSPS) is 22.3. The Bertz CT molecular complexity index is 179. The third kappa shape index (κ3) is 5.83. The molecule has 0 bridgehead atoms. The summed E-state index contributed by atoms with van der Waals surface area (Å²) in [4.78, 5) is 2.49. The summed E-state index contributed by atoms with van der Waals surface area (Å²) in [6.07, 6.45) is 1.26. The minimum absolute atomic E-state index is 0.576. The lowest BCUT2D eigenvalue weighted by Gasteiger charge is -2.31. The van der Waals surface area contributed by atoms with Crippen LogP contribution in [0.2, 0.25) is 0 Å². The number of morpholine rings is 1. The maximum absolute atomic E-state index is 5.35. The fourth-order valence-corrected chi connectivity index (χ4v) is 2.48. The van der Waals surface area contributed by atoms with Gasteiger partial charge in [0.2, 0.25) is 0 Å². The molecule has 1 saturated heterocycles. The first-order valence-corrected chi connectivity index (χ1v) is 6.64. The molecule has 1 aliphatic heterocycles. The van der Waals surface area contributed by atoms with Gasteiger partial charge in [0.25, 0.3) is 0 Å². The Labute approximate surface area is 101 Å². The molecule has 0 aromatic heterocycles. The number of hydrogen-bond acceptors (Lipinski definition) is 3. The van der Waals surface area contributed by atoms with E-state index in [4.69, 9.17) is 4.74 Å². The third-order valence-corrected chi connectivity index (χ3v) is 3.03. The SMILES string of the molecule is CC(C)CC(C)NC(C)CN1CCOCC1. The largest absolute Gasteiger partial charge is 0.379 e. The van der Waals surface area contributed by atoms with Crippen LogP contribution in [0.3, 0.4) is 0 Å². The molecule has 0 radical (unpaired) electrons. The van der Waals surface area contributed by atoms with Crippen LogP contribution in [0.5, 0.6) is 0 Å². The number of nitrogens with one attached hydrogen (secondary N) is 1. The predicted molar refractivity (Wildman–Crippen MR) is 68.8 cm³/mol. The average molecular weight is 228 g/mol. The van der Waals surface area contributed by atoms with Crippen molar-refractivity contribution in [2.75, 3.05) is 32.8 Å². The second-order valence-electron chi connectivity index (χ2n) is 5.51. The minimum Gasteiger partial charge on any atom is -0.379 e. The molecule has 1 heterocycles. The Morgan fingerprint density at radius 2 is 1.69 bits per heavy atom. The molecule has 1 aliphatic rings. The molecule has 0 spiro atoms. The Balaban J connectivity index is 2.15. The molecule has 0 aliphatic carbocycles. The molecule has 0 amide bonds. The highest BCUT2D eigenvalue weighted by atomic mass is 16.5. The maximum Gasteiger partial charge on any atom is 0.0594 e. The number of nitrogens with zero attached hydrogens (tertiary/aromatic N) is 1. The fraction of sp³-hybridized carbons (Fsp3) is 1.00. The van der Waals surface area contributed by atoms with E-state index in [1.54, 1.807) is 0 Å². The summed E-state index contributed by atoms with van der Waals surface area (Å²) < 4.78 is 5.35. The van der Waals surface area contributed by atoms with Crippen molar-refractivity contribution in [1.29, 1.82) is 0 Å². The molecule has 3 nitrogen and oxygen atoms in total. The first kappa shape index (κ1) is 13.9. The Morgan fingerprint density at radius 3 is 2.25 bits per heavy atom. The first-order chi connectivity index (χ1) is 7.58. The monoisotopic (exact) mass is 228 g/mol. The highest BCUT2D eigenvalue weighted by molar-refractivity contribution is 4.73. The van der Waals surface area contributed by atoms with Crippen molar-refractivity contribution in [3.8, 4) is 0 Å². The van der Waals surface area contributed by atoms with E-state index in [0.29, 0.717) is 12.1 Å². The zero-order valence-corrected chi connectivity index (χ0v) is 11.3. The Hall–Kier alpha value is -0.120. The van der Waals surface area contributed by atoms with Gasteiger partial charge < -0.3 is 10.1 Å². The predicted octanol–water partition coefficient (Wildman–Crippen LogP) is 1.73. The summed E-state index contributed by atoms with van der Waals surface area (Å²) >= 11 is 0. The quantitative estimate of drug-likeness (QED) is 0.749. The minimum atomic E-state index is 0.576. The molecule has 2 atom stereocenters. The highest BCUT2D eigenvalue weighted by Crippen LogP contribution is 2.05. The van der Waals surface area contributed by atoms with Gasteiger partial charge in [-0.1, -0.05) is 13.8 Å². The second-order valence-corrected chi connectivity index (χ2v) is 5.51. The van der Waals surface area contributed by atoms with Crippen molar-refractivity contribution in [2.45, 2.75) is 46.2 Å². The van der Waals surface area contributed by atoms with E-state index < -0.39 is 0 Å². The first-order valence-electron chi connectivity index (χ1n) is 6.64. The molecule has 0 aromatic rings. The number of rotatable bonds is 6.